The zero-order chi connectivity index (χ0) is 19.3. The second-order valence-electron chi connectivity index (χ2n) is 6.77. The van der Waals surface area contributed by atoms with Gasteiger partial charge >= 0.3 is 0 Å². The number of anilines is 2. The number of amides is 1. The van der Waals surface area contributed by atoms with Crippen LogP contribution in [0.1, 0.15) is 19.3 Å². The molecular formula is C20H23N5O2S. The number of carbonyl (C=O) groups excluding carboxylic acids is 1. The third-order valence-electron chi connectivity index (χ3n) is 4.78. The monoisotopic (exact) mass is 397 g/mol. The highest BCUT2D eigenvalue weighted by Crippen LogP contribution is 2.24. The molecule has 4 rings (SSSR count). The van der Waals surface area contributed by atoms with Crippen LogP contribution in [0.4, 0.5) is 11.4 Å². The van der Waals surface area contributed by atoms with E-state index in [0.717, 1.165) is 18.8 Å². The zero-order valence-corrected chi connectivity index (χ0v) is 16.6. The van der Waals surface area contributed by atoms with Crippen LogP contribution in [0.2, 0.25) is 0 Å². The van der Waals surface area contributed by atoms with Crippen molar-refractivity contribution in [3.05, 3.63) is 42.7 Å². The van der Waals surface area contributed by atoms with Crippen molar-refractivity contribution in [1.82, 2.24) is 14.8 Å². The number of benzene rings is 1. The first-order chi connectivity index (χ1) is 13.7. The van der Waals surface area contributed by atoms with E-state index < -0.39 is 0 Å². The van der Waals surface area contributed by atoms with E-state index in [4.69, 9.17) is 4.42 Å². The van der Waals surface area contributed by atoms with Gasteiger partial charge in [0.25, 0.3) is 0 Å². The zero-order valence-electron chi connectivity index (χ0n) is 15.8. The van der Waals surface area contributed by atoms with Crippen LogP contribution < -0.4 is 10.2 Å². The smallest absolute Gasteiger partial charge is 0.234 e. The summed E-state index contributed by atoms with van der Waals surface area (Å²) in [6.07, 6.45) is 5.41. The molecule has 146 valence electrons. The van der Waals surface area contributed by atoms with Crippen LogP contribution in [-0.4, -0.2) is 39.5 Å². The summed E-state index contributed by atoms with van der Waals surface area (Å²) < 4.78 is 7.18. The minimum Gasteiger partial charge on any atom is -0.461 e. The molecule has 0 unspecified atom stereocenters. The third kappa shape index (κ3) is 4.22. The highest BCUT2D eigenvalue weighted by atomic mass is 32.2. The third-order valence-corrected chi connectivity index (χ3v) is 5.80. The van der Waals surface area contributed by atoms with Gasteiger partial charge in [-0.3, -0.25) is 4.79 Å². The van der Waals surface area contributed by atoms with Gasteiger partial charge in [-0.1, -0.05) is 11.8 Å². The summed E-state index contributed by atoms with van der Waals surface area (Å²) in [7, 11) is 1.86. The summed E-state index contributed by atoms with van der Waals surface area (Å²) in [5, 5.41) is 11.9. The Morgan fingerprint density at radius 2 is 1.93 bits per heavy atom. The number of rotatable bonds is 6. The van der Waals surface area contributed by atoms with Gasteiger partial charge in [0.05, 0.1) is 12.0 Å². The highest BCUT2D eigenvalue weighted by Gasteiger charge is 2.15. The number of nitrogens with one attached hydrogen (secondary N) is 1. The van der Waals surface area contributed by atoms with Gasteiger partial charge in [-0.2, -0.15) is 0 Å². The number of nitrogens with zero attached hydrogens (tertiary/aromatic N) is 4. The fourth-order valence-corrected chi connectivity index (χ4v) is 4.01. The maximum absolute atomic E-state index is 12.3. The Morgan fingerprint density at radius 3 is 2.64 bits per heavy atom. The first kappa shape index (κ1) is 18.6. The predicted octanol–water partition coefficient (Wildman–Crippen LogP) is 3.80. The van der Waals surface area contributed by atoms with Crippen molar-refractivity contribution in [1.29, 1.82) is 0 Å². The Labute approximate surface area is 168 Å². The standard InChI is InChI=1S/C20H23N5O2S/c1-24-19(17-6-5-13-27-17)22-23-20(24)28-14-18(26)21-15-7-9-16(10-8-15)25-11-3-2-4-12-25/h5-10,13H,2-4,11-12,14H2,1H3,(H,21,26). The van der Waals surface area contributed by atoms with Crippen molar-refractivity contribution in [2.45, 2.75) is 24.4 Å². The Morgan fingerprint density at radius 1 is 1.14 bits per heavy atom. The quantitative estimate of drug-likeness (QED) is 0.638. The van der Waals surface area contributed by atoms with Crippen LogP contribution in [0.25, 0.3) is 11.6 Å². The van der Waals surface area contributed by atoms with Gasteiger partial charge in [0.1, 0.15) is 0 Å². The predicted molar refractivity (Wildman–Crippen MR) is 111 cm³/mol. The number of piperidine rings is 1. The fourth-order valence-electron chi connectivity index (χ4n) is 3.30. The van der Waals surface area contributed by atoms with Crippen molar-refractivity contribution in [2.24, 2.45) is 7.05 Å². The fraction of sp³-hybridized carbons (Fsp3) is 0.350. The Bertz CT molecular complexity index is 915. The van der Waals surface area contributed by atoms with E-state index in [1.165, 1.54) is 36.7 Å². The highest BCUT2D eigenvalue weighted by molar-refractivity contribution is 7.99. The van der Waals surface area contributed by atoms with E-state index in [0.29, 0.717) is 16.7 Å². The van der Waals surface area contributed by atoms with Gasteiger partial charge < -0.3 is 19.2 Å². The lowest BCUT2D eigenvalue weighted by Crippen LogP contribution is -2.29. The van der Waals surface area contributed by atoms with Crippen LogP contribution >= 0.6 is 11.8 Å². The number of hydrogen-bond donors (Lipinski definition) is 1. The molecule has 0 atom stereocenters. The molecule has 1 saturated heterocycles. The maximum atomic E-state index is 12.3. The number of thioether (sulfide) groups is 1. The maximum Gasteiger partial charge on any atom is 0.234 e. The number of carbonyl (C=O) groups is 1. The Kier molecular flexibility index (Phi) is 5.66. The van der Waals surface area contributed by atoms with E-state index in [1.807, 2.05) is 29.8 Å². The molecule has 0 saturated carbocycles. The minimum atomic E-state index is -0.0710. The summed E-state index contributed by atoms with van der Waals surface area (Å²) in [5.41, 5.74) is 2.03. The SMILES string of the molecule is Cn1c(SCC(=O)Nc2ccc(N3CCCCC3)cc2)nnc1-c1ccco1. The van der Waals surface area contributed by atoms with Crippen molar-refractivity contribution < 1.29 is 9.21 Å². The molecule has 1 aromatic carbocycles. The van der Waals surface area contributed by atoms with Gasteiger partial charge in [-0.05, 0) is 55.7 Å². The lowest BCUT2D eigenvalue weighted by Gasteiger charge is -2.28. The minimum absolute atomic E-state index is 0.0710. The molecule has 2 aromatic heterocycles. The lowest BCUT2D eigenvalue weighted by atomic mass is 10.1. The molecule has 1 N–H and O–H groups in total. The van der Waals surface area contributed by atoms with Crippen molar-refractivity contribution in [3.63, 3.8) is 0 Å². The van der Waals surface area contributed by atoms with Gasteiger partial charge in [-0.25, -0.2) is 0 Å². The van der Waals surface area contributed by atoms with Crippen LogP contribution in [0.5, 0.6) is 0 Å². The Hall–Kier alpha value is -2.74. The molecule has 0 bridgehead atoms. The number of hydrogen-bond acceptors (Lipinski definition) is 6. The molecule has 1 aliphatic rings. The molecule has 1 fully saturated rings. The van der Waals surface area contributed by atoms with Gasteiger partial charge in [-0.15, -0.1) is 10.2 Å². The summed E-state index contributed by atoms with van der Waals surface area (Å²) in [6, 6.07) is 11.7. The molecule has 1 amide bonds. The molecule has 0 spiro atoms. The molecule has 7 nitrogen and oxygen atoms in total. The van der Waals surface area contributed by atoms with Crippen LogP contribution in [-0.2, 0) is 11.8 Å². The average molecular weight is 398 g/mol. The van der Waals surface area contributed by atoms with E-state index in [2.05, 4.69) is 32.5 Å². The summed E-state index contributed by atoms with van der Waals surface area (Å²) in [6.45, 7) is 2.22. The molecule has 3 heterocycles. The summed E-state index contributed by atoms with van der Waals surface area (Å²) in [4.78, 5) is 14.7. The van der Waals surface area contributed by atoms with Crippen molar-refractivity contribution in [3.8, 4) is 11.6 Å². The van der Waals surface area contributed by atoms with Gasteiger partial charge in [0, 0.05) is 31.5 Å². The van der Waals surface area contributed by atoms with E-state index in [-0.39, 0.29) is 11.7 Å². The average Bonchev–Trinajstić information content (AvgIpc) is 3.37. The van der Waals surface area contributed by atoms with Crippen molar-refractivity contribution >= 4 is 29.0 Å². The summed E-state index contributed by atoms with van der Waals surface area (Å²) in [5.74, 6) is 1.48. The second kappa shape index (κ2) is 8.52. The van der Waals surface area contributed by atoms with E-state index in [1.54, 1.807) is 12.3 Å². The van der Waals surface area contributed by atoms with Gasteiger partial charge in [0.15, 0.2) is 16.7 Å². The lowest BCUT2D eigenvalue weighted by molar-refractivity contribution is -0.113. The largest absolute Gasteiger partial charge is 0.461 e. The normalized spacial score (nSPS) is 14.2. The van der Waals surface area contributed by atoms with Crippen LogP contribution in [0, 0.1) is 0 Å². The van der Waals surface area contributed by atoms with Gasteiger partial charge in [0.2, 0.25) is 5.91 Å². The van der Waals surface area contributed by atoms with Crippen LogP contribution in [0.15, 0.2) is 52.2 Å². The molecule has 3 aromatic rings. The molecule has 28 heavy (non-hydrogen) atoms. The molecular weight excluding hydrogens is 374 g/mol. The topological polar surface area (TPSA) is 76.2 Å². The first-order valence-corrected chi connectivity index (χ1v) is 10.4. The molecule has 0 aliphatic carbocycles. The Balaban J connectivity index is 1.31. The molecule has 0 radical (unpaired) electrons. The van der Waals surface area contributed by atoms with E-state index in [9.17, 15) is 4.79 Å². The number of aromatic nitrogens is 3. The first-order valence-electron chi connectivity index (χ1n) is 9.41. The van der Waals surface area contributed by atoms with E-state index >= 15 is 0 Å². The second-order valence-corrected chi connectivity index (χ2v) is 7.72. The summed E-state index contributed by atoms with van der Waals surface area (Å²) >= 11 is 1.35. The molecule has 8 heteroatoms. The molecule has 1 aliphatic heterocycles. The van der Waals surface area contributed by atoms with Crippen molar-refractivity contribution in [2.75, 3.05) is 29.1 Å². The number of furan rings is 1. The van der Waals surface area contributed by atoms with Crippen LogP contribution in [0.3, 0.4) is 0 Å².